The average Bonchev–Trinajstić information content (AvgIpc) is 3.21. The highest BCUT2D eigenvalue weighted by molar-refractivity contribution is 6.22. The fourth-order valence-electron chi connectivity index (χ4n) is 4.53. The number of rotatable bonds is 2. The number of fused-ring (bicyclic) bond motifs is 5. The zero-order valence-electron chi connectivity index (χ0n) is 14.1. The van der Waals surface area contributed by atoms with E-state index in [1.165, 1.54) is 17.0 Å². The lowest BCUT2D eigenvalue weighted by Gasteiger charge is -2.35. The summed E-state index contributed by atoms with van der Waals surface area (Å²) in [6.45, 7) is 0.395. The first kappa shape index (κ1) is 16.6. The number of hydrogen-bond acceptors (Lipinski definition) is 3. The highest BCUT2D eigenvalue weighted by atomic mass is 19.4. The van der Waals surface area contributed by atoms with Crippen LogP contribution < -0.4 is 4.90 Å². The maximum atomic E-state index is 13.0. The van der Waals surface area contributed by atoms with Crippen LogP contribution in [0.4, 0.5) is 23.7 Å². The fraction of sp³-hybridized carbons (Fsp3) is 0.500. The van der Waals surface area contributed by atoms with Crippen LogP contribution in [0, 0.1) is 5.92 Å². The lowest BCUT2D eigenvalue weighted by Crippen LogP contribution is -2.55. The van der Waals surface area contributed by atoms with Crippen LogP contribution in [-0.4, -0.2) is 52.3 Å². The molecule has 4 aliphatic rings. The lowest BCUT2D eigenvalue weighted by atomic mass is 10.1. The van der Waals surface area contributed by atoms with Crippen LogP contribution in [-0.2, 0) is 15.8 Å². The number of nitrogens with zero attached hydrogens (tertiary/aromatic N) is 3. The van der Waals surface area contributed by atoms with Crippen LogP contribution in [0.15, 0.2) is 24.3 Å². The van der Waals surface area contributed by atoms with Crippen molar-refractivity contribution in [3.8, 4) is 0 Å². The first-order valence-corrected chi connectivity index (χ1v) is 8.91. The molecular formula is C18H16F3N3O3. The van der Waals surface area contributed by atoms with Crippen molar-refractivity contribution in [2.45, 2.75) is 43.6 Å². The predicted octanol–water partition coefficient (Wildman–Crippen LogP) is 2.24. The Kier molecular flexibility index (Phi) is 3.22. The van der Waals surface area contributed by atoms with Gasteiger partial charge < -0.3 is 9.80 Å². The van der Waals surface area contributed by atoms with Gasteiger partial charge in [0.15, 0.2) is 0 Å². The van der Waals surface area contributed by atoms with E-state index in [0.717, 1.165) is 29.9 Å². The average molecular weight is 379 g/mol. The molecule has 0 spiro atoms. The molecule has 1 saturated carbocycles. The van der Waals surface area contributed by atoms with Crippen molar-refractivity contribution in [1.29, 1.82) is 0 Å². The molecule has 0 N–H and O–H groups in total. The number of likely N-dealkylation sites (tertiary alicyclic amines) is 1. The van der Waals surface area contributed by atoms with E-state index in [1.807, 2.05) is 0 Å². The van der Waals surface area contributed by atoms with Crippen LogP contribution in [0.3, 0.4) is 0 Å². The summed E-state index contributed by atoms with van der Waals surface area (Å²) in [4.78, 5) is 42.2. The number of urea groups is 1. The van der Waals surface area contributed by atoms with Gasteiger partial charge in [0.2, 0.25) is 5.91 Å². The van der Waals surface area contributed by atoms with Crippen molar-refractivity contribution in [2.24, 2.45) is 5.92 Å². The number of carbonyl (C=O) groups excluding carboxylic acids is 3. The Morgan fingerprint density at radius 1 is 1.15 bits per heavy atom. The summed E-state index contributed by atoms with van der Waals surface area (Å²) in [7, 11) is 0. The van der Waals surface area contributed by atoms with Crippen LogP contribution in [0.1, 0.15) is 24.8 Å². The summed E-state index contributed by atoms with van der Waals surface area (Å²) >= 11 is 0. The largest absolute Gasteiger partial charge is 0.416 e. The van der Waals surface area contributed by atoms with E-state index >= 15 is 0 Å². The van der Waals surface area contributed by atoms with Gasteiger partial charge in [-0.1, -0.05) is 6.07 Å². The van der Waals surface area contributed by atoms with Crippen LogP contribution in [0.25, 0.3) is 0 Å². The number of benzene rings is 1. The molecule has 3 heterocycles. The minimum absolute atomic E-state index is 0.0181. The third-order valence-corrected chi connectivity index (χ3v) is 5.91. The lowest BCUT2D eigenvalue weighted by molar-refractivity contribution is -0.138. The van der Waals surface area contributed by atoms with Gasteiger partial charge in [0.05, 0.1) is 23.3 Å². The standard InChI is InChI=1S/C18H16F3N3O3/c19-18(20,21)10-2-1-3-11(6-10)24-16(26)14-13-7-12(23(14)17(24)27)8-22(13)15(25)9-4-5-9/h1-3,6,9,12-14H,4-5,7-8H2/t12?,13?,14-/m1/s1. The van der Waals surface area contributed by atoms with Crippen molar-refractivity contribution < 1.29 is 27.6 Å². The SMILES string of the molecule is O=C1[C@H]2C3CC(CN3C(=O)C3CC3)N2C(=O)N1c1cccc(C(F)(F)F)c1. The predicted molar refractivity (Wildman–Crippen MR) is 86.6 cm³/mol. The highest BCUT2D eigenvalue weighted by Crippen LogP contribution is 2.45. The minimum Gasteiger partial charge on any atom is -0.335 e. The summed E-state index contributed by atoms with van der Waals surface area (Å²) in [6, 6.07) is 2.18. The topological polar surface area (TPSA) is 60.9 Å². The molecule has 27 heavy (non-hydrogen) atoms. The molecule has 1 aromatic carbocycles. The molecule has 2 bridgehead atoms. The van der Waals surface area contributed by atoms with E-state index in [0.29, 0.717) is 13.0 Å². The molecule has 5 rings (SSSR count). The van der Waals surface area contributed by atoms with Crippen molar-refractivity contribution in [2.75, 3.05) is 11.4 Å². The van der Waals surface area contributed by atoms with Crippen molar-refractivity contribution >= 4 is 23.5 Å². The van der Waals surface area contributed by atoms with E-state index < -0.39 is 29.7 Å². The molecule has 3 saturated heterocycles. The van der Waals surface area contributed by atoms with E-state index in [9.17, 15) is 27.6 Å². The molecule has 0 radical (unpaired) electrons. The van der Waals surface area contributed by atoms with Crippen LogP contribution in [0.2, 0.25) is 0 Å². The van der Waals surface area contributed by atoms with Gasteiger partial charge in [0.25, 0.3) is 5.91 Å². The van der Waals surface area contributed by atoms with E-state index in [4.69, 9.17) is 0 Å². The Bertz CT molecular complexity index is 867. The van der Waals surface area contributed by atoms with E-state index in [-0.39, 0.29) is 29.6 Å². The van der Waals surface area contributed by atoms with Gasteiger partial charge in [0, 0.05) is 12.5 Å². The number of imide groups is 1. The molecule has 3 atom stereocenters. The molecule has 9 heteroatoms. The molecule has 4 amide bonds. The van der Waals surface area contributed by atoms with Gasteiger partial charge in [-0.15, -0.1) is 0 Å². The molecule has 3 aliphatic heterocycles. The van der Waals surface area contributed by atoms with Crippen LogP contribution >= 0.6 is 0 Å². The molecule has 4 fully saturated rings. The van der Waals surface area contributed by atoms with Crippen molar-refractivity contribution in [3.05, 3.63) is 29.8 Å². The van der Waals surface area contributed by atoms with Crippen molar-refractivity contribution in [3.63, 3.8) is 0 Å². The molecular weight excluding hydrogens is 363 g/mol. The summed E-state index contributed by atoms with van der Waals surface area (Å²) in [5.74, 6) is -0.510. The van der Waals surface area contributed by atoms with Crippen LogP contribution in [0.5, 0.6) is 0 Å². The second-order valence-corrected chi connectivity index (χ2v) is 7.58. The van der Waals surface area contributed by atoms with E-state index in [1.54, 1.807) is 4.90 Å². The Morgan fingerprint density at radius 2 is 1.89 bits per heavy atom. The Hall–Kier alpha value is -2.58. The zero-order chi connectivity index (χ0) is 19.1. The second-order valence-electron chi connectivity index (χ2n) is 7.58. The number of alkyl halides is 3. The van der Waals surface area contributed by atoms with Gasteiger partial charge in [0.1, 0.15) is 6.04 Å². The first-order chi connectivity index (χ1) is 12.8. The molecule has 2 unspecified atom stereocenters. The fourth-order valence-corrected chi connectivity index (χ4v) is 4.53. The number of halogens is 3. The normalized spacial score (nSPS) is 29.7. The maximum Gasteiger partial charge on any atom is 0.416 e. The first-order valence-electron chi connectivity index (χ1n) is 8.91. The maximum absolute atomic E-state index is 13.0. The summed E-state index contributed by atoms with van der Waals surface area (Å²) in [5.41, 5.74) is -1.00. The Balaban J connectivity index is 1.46. The molecule has 0 aromatic heterocycles. The number of amides is 4. The number of hydrogen-bond donors (Lipinski definition) is 0. The molecule has 1 aromatic rings. The number of carbonyl (C=O) groups is 3. The summed E-state index contributed by atoms with van der Waals surface area (Å²) < 4.78 is 39.0. The Labute approximate surface area is 152 Å². The minimum atomic E-state index is -4.56. The molecule has 6 nitrogen and oxygen atoms in total. The number of anilines is 1. The van der Waals surface area contributed by atoms with Gasteiger partial charge in [-0.05, 0) is 37.5 Å². The molecule has 1 aliphatic carbocycles. The third-order valence-electron chi connectivity index (χ3n) is 5.91. The second kappa shape index (κ2) is 5.24. The Morgan fingerprint density at radius 3 is 2.56 bits per heavy atom. The summed E-state index contributed by atoms with van der Waals surface area (Å²) in [6.07, 6.45) is -2.31. The quantitative estimate of drug-likeness (QED) is 0.741. The summed E-state index contributed by atoms with van der Waals surface area (Å²) in [5, 5.41) is 0. The van der Waals surface area contributed by atoms with Gasteiger partial charge in [-0.3, -0.25) is 9.59 Å². The smallest absolute Gasteiger partial charge is 0.335 e. The van der Waals surface area contributed by atoms with E-state index in [2.05, 4.69) is 0 Å². The van der Waals surface area contributed by atoms with Gasteiger partial charge >= 0.3 is 12.2 Å². The van der Waals surface area contributed by atoms with Crippen molar-refractivity contribution in [1.82, 2.24) is 9.80 Å². The monoisotopic (exact) mass is 379 g/mol. The van der Waals surface area contributed by atoms with Gasteiger partial charge in [-0.2, -0.15) is 13.2 Å². The number of piperazine rings is 1. The third kappa shape index (κ3) is 2.30. The van der Waals surface area contributed by atoms with Gasteiger partial charge in [-0.25, -0.2) is 9.69 Å². The molecule has 142 valence electrons. The highest BCUT2D eigenvalue weighted by Gasteiger charge is 2.63. The zero-order valence-corrected chi connectivity index (χ0v) is 14.1.